The van der Waals surface area contributed by atoms with Crippen molar-refractivity contribution in [2.75, 3.05) is 17.6 Å². The van der Waals surface area contributed by atoms with Crippen molar-refractivity contribution in [3.8, 4) is 0 Å². The van der Waals surface area contributed by atoms with Crippen LogP contribution in [0.1, 0.15) is 11.1 Å². The van der Waals surface area contributed by atoms with E-state index in [4.69, 9.17) is 5.73 Å². The lowest BCUT2D eigenvalue weighted by Crippen LogP contribution is -2.09. The van der Waals surface area contributed by atoms with E-state index in [1.54, 1.807) is 11.3 Å². The number of anilines is 2. The van der Waals surface area contributed by atoms with Gasteiger partial charge >= 0.3 is 0 Å². The predicted octanol–water partition coefficient (Wildman–Crippen LogP) is 2.08. The van der Waals surface area contributed by atoms with Crippen LogP contribution in [-0.4, -0.2) is 16.5 Å². The van der Waals surface area contributed by atoms with E-state index in [-0.39, 0.29) is 0 Å². The van der Waals surface area contributed by atoms with Crippen molar-refractivity contribution in [1.82, 2.24) is 9.97 Å². The Balaban J connectivity index is 1.92. The highest BCUT2D eigenvalue weighted by Crippen LogP contribution is 2.15. The fourth-order valence-corrected chi connectivity index (χ4v) is 2.11. The number of rotatable bonds is 4. The third kappa shape index (κ3) is 2.49. The minimum Gasteiger partial charge on any atom is -0.383 e. The van der Waals surface area contributed by atoms with Crippen LogP contribution in [0.25, 0.3) is 0 Å². The zero-order valence-electron chi connectivity index (χ0n) is 9.10. The van der Waals surface area contributed by atoms with Gasteiger partial charge in [0.1, 0.15) is 18.0 Å². The first-order valence-corrected chi connectivity index (χ1v) is 6.03. The van der Waals surface area contributed by atoms with E-state index < -0.39 is 0 Å². The topological polar surface area (TPSA) is 63.8 Å². The molecule has 0 saturated heterocycles. The van der Waals surface area contributed by atoms with Gasteiger partial charge < -0.3 is 11.1 Å². The van der Waals surface area contributed by atoms with Crippen molar-refractivity contribution in [2.24, 2.45) is 0 Å². The summed E-state index contributed by atoms with van der Waals surface area (Å²) in [5, 5.41) is 7.51. The van der Waals surface area contributed by atoms with Gasteiger partial charge in [-0.15, -0.1) is 0 Å². The molecular formula is C11H14N4S. The van der Waals surface area contributed by atoms with Crippen molar-refractivity contribution in [3.05, 3.63) is 34.3 Å². The molecule has 2 aromatic rings. The third-order valence-corrected chi connectivity index (χ3v) is 3.14. The van der Waals surface area contributed by atoms with Crippen LogP contribution in [0.2, 0.25) is 0 Å². The number of nitrogens with zero attached hydrogens (tertiary/aromatic N) is 2. The largest absolute Gasteiger partial charge is 0.383 e. The quantitative estimate of drug-likeness (QED) is 0.850. The Hall–Kier alpha value is -1.62. The van der Waals surface area contributed by atoms with Crippen LogP contribution in [-0.2, 0) is 6.42 Å². The number of thiophene rings is 1. The third-order valence-electron chi connectivity index (χ3n) is 2.41. The second kappa shape index (κ2) is 4.94. The van der Waals surface area contributed by atoms with Gasteiger partial charge in [-0.25, -0.2) is 9.97 Å². The van der Waals surface area contributed by atoms with Crippen molar-refractivity contribution in [1.29, 1.82) is 0 Å². The van der Waals surface area contributed by atoms with E-state index in [0.717, 1.165) is 24.3 Å². The van der Waals surface area contributed by atoms with Gasteiger partial charge in [-0.1, -0.05) is 0 Å². The average Bonchev–Trinajstić information content (AvgIpc) is 2.77. The zero-order chi connectivity index (χ0) is 11.4. The number of aromatic nitrogens is 2. The molecule has 0 bridgehead atoms. The maximum Gasteiger partial charge on any atom is 0.134 e. The molecule has 84 valence electrons. The van der Waals surface area contributed by atoms with Crippen LogP contribution < -0.4 is 11.1 Å². The lowest BCUT2D eigenvalue weighted by Gasteiger charge is -2.08. The molecule has 0 aliphatic heterocycles. The molecule has 4 nitrogen and oxygen atoms in total. The van der Waals surface area contributed by atoms with Crippen LogP contribution in [0.5, 0.6) is 0 Å². The van der Waals surface area contributed by atoms with Gasteiger partial charge in [-0.05, 0) is 35.7 Å². The molecule has 16 heavy (non-hydrogen) atoms. The second-order valence-electron chi connectivity index (χ2n) is 3.54. The van der Waals surface area contributed by atoms with Gasteiger partial charge in [0.05, 0.1) is 0 Å². The Morgan fingerprint density at radius 3 is 3.06 bits per heavy atom. The smallest absolute Gasteiger partial charge is 0.134 e. The number of hydrogen-bond donors (Lipinski definition) is 2. The molecule has 0 saturated carbocycles. The summed E-state index contributed by atoms with van der Waals surface area (Å²) in [5.41, 5.74) is 7.95. The predicted molar refractivity (Wildman–Crippen MR) is 67.7 cm³/mol. The van der Waals surface area contributed by atoms with Gasteiger partial charge in [0.15, 0.2) is 0 Å². The highest BCUT2D eigenvalue weighted by molar-refractivity contribution is 7.07. The Morgan fingerprint density at radius 1 is 1.44 bits per heavy atom. The molecule has 2 aromatic heterocycles. The number of hydrogen-bond acceptors (Lipinski definition) is 5. The van der Waals surface area contributed by atoms with Crippen molar-refractivity contribution in [2.45, 2.75) is 13.3 Å². The maximum absolute atomic E-state index is 5.70. The first-order valence-electron chi connectivity index (χ1n) is 5.09. The molecule has 2 rings (SSSR count). The van der Waals surface area contributed by atoms with Crippen LogP contribution in [0.4, 0.5) is 11.6 Å². The number of nitrogens with two attached hydrogens (primary N) is 1. The van der Waals surface area contributed by atoms with Gasteiger partial charge in [0.2, 0.25) is 0 Å². The first kappa shape index (κ1) is 10.9. The Labute approximate surface area is 98.6 Å². The van der Waals surface area contributed by atoms with E-state index in [9.17, 15) is 0 Å². The van der Waals surface area contributed by atoms with E-state index in [0.29, 0.717) is 5.82 Å². The molecule has 0 spiro atoms. The van der Waals surface area contributed by atoms with Crippen LogP contribution >= 0.6 is 11.3 Å². The lowest BCUT2D eigenvalue weighted by atomic mass is 10.2. The molecule has 3 N–H and O–H groups in total. The first-order chi connectivity index (χ1) is 7.77. The minimum absolute atomic E-state index is 0.535. The molecular weight excluding hydrogens is 220 g/mol. The van der Waals surface area contributed by atoms with Crippen molar-refractivity contribution < 1.29 is 0 Å². The molecule has 0 unspecified atom stereocenters. The fraction of sp³-hybridized carbons (Fsp3) is 0.273. The Morgan fingerprint density at radius 2 is 2.31 bits per heavy atom. The number of nitrogens with one attached hydrogen (secondary N) is 1. The van der Waals surface area contributed by atoms with Crippen LogP contribution in [0.3, 0.4) is 0 Å². The van der Waals surface area contributed by atoms with Crippen LogP contribution in [0.15, 0.2) is 23.2 Å². The highest BCUT2D eigenvalue weighted by Gasteiger charge is 2.02. The molecule has 0 radical (unpaired) electrons. The van der Waals surface area contributed by atoms with Crippen LogP contribution in [0, 0.1) is 6.92 Å². The average molecular weight is 234 g/mol. The number of nitrogen functional groups attached to an aromatic ring is 1. The zero-order valence-corrected chi connectivity index (χ0v) is 9.92. The summed E-state index contributed by atoms with van der Waals surface area (Å²) in [6.45, 7) is 2.77. The van der Waals surface area contributed by atoms with Gasteiger partial charge in [0.25, 0.3) is 0 Å². The molecule has 5 heteroatoms. The van der Waals surface area contributed by atoms with E-state index in [1.807, 2.05) is 6.92 Å². The molecule has 0 atom stereocenters. The lowest BCUT2D eigenvalue weighted by molar-refractivity contribution is 0.998. The SMILES string of the molecule is Cc1c(N)ncnc1NCCc1ccsc1. The molecule has 0 aliphatic rings. The fourth-order valence-electron chi connectivity index (χ4n) is 1.40. The summed E-state index contributed by atoms with van der Waals surface area (Å²) in [7, 11) is 0. The summed E-state index contributed by atoms with van der Waals surface area (Å²) in [6.07, 6.45) is 2.47. The second-order valence-corrected chi connectivity index (χ2v) is 4.32. The van der Waals surface area contributed by atoms with E-state index >= 15 is 0 Å². The monoisotopic (exact) mass is 234 g/mol. The summed E-state index contributed by atoms with van der Waals surface area (Å²) in [5.74, 6) is 1.36. The van der Waals surface area contributed by atoms with Crippen molar-refractivity contribution >= 4 is 23.0 Å². The van der Waals surface area contributed by atoms with E-state index in [2.05, 4.69) is 32.1 Å². The van der Waals surface area contributed by atoms with Gasteiger partial charge in [0, 0.05) is 12.1 Å². The summed E-state index contributed by atoms with van der Waals surface area (Å²) in [6, 6.07) is 2.13. The molecule has 0 fully saturated rings. The Bertz CT molecular complexity index is 453. The molecule has 2 heterocycles. The normalized spacial score (nSPS) is 10.3. The van der Waals surface area contributed by atoms with Crippen molar-refractivity contribution in [3.63, 3.8) is 0 Å². The van der Waals surface area contributed by atoms with Gasteiger partial charge in [-0.2, -0.15) is 11.3 Å². The van der Waals surface area contributed by atoms with E-state index in [1.165, 1.54) is 11.9 Å². The van der Waals surface area contributed by atoms with Gasteiger partial charge in [-0.3, -0.25) is 0 Å². The Kier molecular flexibility index (Phi) is 3.36. The standard InChI is InChI=1S/C11H14N4S/c1-8-10(12)14-7-15-11(8)13-4-2-9-3-5-16-6-9/h3,5-7H,2,4H2,1H3,(H3,12,13,14,15). The maximum atomic E-state index is 5.70. The minimum atomic E-state index is 0.535. The molecule has 0 aliphatic carbocycles. The summed E-state index contributed by atoms with van der Waals surface area (Å²) >= 11 is 1.72. The summed E-state index contributed by atoms with van der Waals surface area (Å²) < 4.78 is 0. The molecule has 0 aromatic carbocycles. The highest BCUT2D eigenvalue weighted by atomic mass is 32.1. The molecule has 0 amide bonds. The summed E-state index contributed by atoms with van der Waals surface area (Å²) in [4.78, 5) is 8.08.